The molecule has 0 radical (unpaired) electrons. The molecule has 174 valence electrons. The predicted octanol–water partition coefficient (Wildman–Crippen LogP) is 6.62. The van der Waals surface area contributed by atoms with E-state index in [9.17, 15) is 31.1 Å². The lowest BCUT2D eigenvalue weighted by Crippen LogP contribution is -2.32. The molecule has 0 fully saturated rings. The second-order valence-electron chi connectivity index (χ2n) is 6.74. The van der Waals surface area contributed by atoms with Crippen molar-refractivity contribution in [2.45, 2.75) is 25.5 Å². The number of carbonyl (C=O) groups excluding carboxylic acids is 1. The molecule has 0 unspecified atom stereocenters. The van der Waals surface area contributed by atoms with Crippen molar-refractivity contribution in [3.63, 3.8) is 0 Å². The van der Waals surface area contributed by atoms with Gasteiger partial charge in [-0.2, -0.15) is 26.3 Å². The maximum absolute atomic E-state index is 13.2. The molecule has 0 N–H and O–H groups in total. The Hall–Kier alpha value is -3.15. The Morgan fingerprint density at radius 2 is 1.42 bits per heavy atom. The predicted molar refractivity (Wildman–Crippen MR) is 109 cm³/mol. The Labute approximate surface area is 192 Å². The molecule has 3 rings (SSSR count). The van der Waals surface area contributed by atoms with Crippen LogP contribution < -0.4 is 4.90 Å². The molecule has 0 bridgehead atoms. The fraction of sp³-hybridized carbons (Fsp3) is 0.190. The van der Waals surface area contributed by atoms with Crippen LogP contribution in [0.25, 0.3) is 0 Å². The van der Waals surface area contributed by atoms with Crippen molar-refractivity contribution < 1.29 is 35.9 Å². The molecule has 2 aromatic carbocycles. The molecule has 0 saturated heterocycles. The van der Waals surface area contributed by atoms with Crippen LogP contribution in [0.2, 0.25) is 0 Å². The SMILES string of the molecule is O=C(OCc1ccccc1)N(Cc1cc(C(F)(F)F)cc(C(F)(F)F)c1)c1ncc(Br)cn1. The van der Waals surface area contributed by atoms with E-state index in [-0.39, 0.29) is 18.6 Å². The number of amides is 1. The molecule has 1 aromatic heterocycles. The smallest absolute Gasteiger partial charge is 0.417 e. The van der Waals surface area contributed by atoms with Gasteiger partial charge in [-0.05, 0) is 45.3 Å². The third-order valence-electron chi connectivity index (χ3n) is 4.26. The van der Waals surface area contributed by atoms with E-state index in [1.807, 2.05) is 0 Å². The standard InChI is InChI=1S/C21H14BrF6N3O2/c22-17-9-29-18(30-10-17)31(19(32)33-12-13-4-2-1-3-5-13)11-14-6-15(20(23,24)25)8-16(7-14)21(26,27)28/h1-10H,11-12H2. The summed E-state index contributed by atoms with van der Waals surface area (Å²) in [6.07, 6.45) is -8.56. The highest BCUT2D eigenvalue weighted by atomic mass is 79.9. The van der Waals surface area contributed by atoms with Gasteiger partial charge in [-0.15, -0.1) is 0 Å². The number of aromatic nitrogens is 2. The van der Waals surface area contributed by atoms with Gasteiger partial charge in [0.05, 0.1) is 22.1 Å². The number of hydrogen-bond donors (Lipinski definition) is 0. The second-order valence-corrected chi connectivity index (χ2v) is 7.66. The van der Waals surface area contributed by atoms with Gasteiger partial charge in [0, 0.05) is 12.4 Å². The topological polar surface area (TPSA) is 55.3 Å². The second kappa shape index (κ2) is 9.77. The Balaban J connectivity index is 1.95. The summed E-state index contributed by atoms with van der Waals surface area (Å²) in [5.74, 6) is -0.262. The van der Waals surface area contributed by atoms with Crippen LogP contribution in [0.4, 0.5) is 37.1 Å². The van der Waals surface area contributed by atoms with Crippen LogP contribution in [0.3, 0.4) is 0 Å². The highest BCUT2D eigenvalue weighted by Gasteiger charge is 2.37. The number of alkyl halides is 6. The van der Waals surface area contributed by atoms with Crippen molar-refractivity contribution in [3.8, 4) is 0 Å². The normalized spacial score (nSPS) is 11.8. The van der Waals surface area contributed by atoms with E-state index >= 15 is 0 Å². The van der Waals surface area contributed by atoms with E-state index in [1.54, 1.807) is 30.3 Å². The summed E-state index contributed by atoms with van der Waals surface area (Å²) in [5, 5.41) is 0. The third kappa shape index (κ3) is 6.67. The van der Waals surface area contributed by atoms with Gasteiger partial charge in [0.15, 0.2) is 0 Å². The Kier molecular flexibility index (Phi) is 7.25. The van der Waals surface area contributed by atoms with Gasteiger partial charge in [-0.25, -0.2) is 19.7 Å². The number of benzene rings is 2. The molecule has 1 amide bonds. The number of carbonyl (C=O) groups is 1. The fourth-order valence-electron chi connectivity index (χ4n) is 2.75. The molecule has 0 aliphatic heterocycles. The van der Waals surface area contributed by atoms with Crippen molar-refractivity contribution in [3.05, 3.63) is 87.7 Å². The highest BCUT2D eigenvalue weighted by Crippen LogP contribution is 2.36. The Morgan fingerprint density at radius 1 is 0.879 bits per heavy atom. The first-order valence-electron chi connectivity index (χ1n) is 9.17. The van der Waals surface area contributed by atoms with Gasteiger partial charge >= 0.3 is 18.4 Å². The minimum atomic E-state index is -5.03. The maximum atomic E-state index is 13.2. The van der Waals surface area contributed by atoms with Gasteiger partial charge in [0.2, 0.25) is 5.95 Å². The summed E-state index contributed by atoms with van der Waals surface area (Å²) in [7, 11) is 0. The molecule has 12 heteroatoms. The number of anilines is 1. The summed E-state index contributed by atoms with van der Waals surface area (Å²) in [4.78, 5) is 21.3. The van der Waals surface area contributed by atoms with Crippen LogP contribution in [0, 0.1) is 0 Å². The molecule has 1 heterocycles. The zero-order valence-electron chi connectivity index (χ0n) is 16.5. The minimum Gasteiger partial charge on any atom is -0.444 e. The van der Waals surface area contributed by atoms with E-state index < -0.39 is 41.7 Å². The van der Waals surface area contributed by atoms with Crippen LogP contribution in [0.1, 0.15) is 22.3 Å². The first kappa shape index (κ1) is 24.5. The quantitative estimate of drug-likeness (QED) is 0.346. The summed E-state index contributed by atoms with van der Waals surface area (Å²) >= 11 is 3.11. The monoisotopic (exact) mass is 533 g/mol. The summed E-state index contributed by atoms with van der Waals surface area (Å²) in [6, 6.07) is 9.60. The van der Waals surface area contributed by atoms with Crippen molar-refractivity contribution >= 4 is 28.0 Å². The lowest BCUT2D eigenvalue weighted by Gasteiger charge is -2.22. The zero-order valence-corrected chi connectivity index (χ0v) is 18.1. The summed E-state index contributed by atoms with van der Waals surface area (Å²) in [5.41, 5.74) is -2.80. The largest absolute Gasteiger partial charge is 0.444 e. The lowest BCUT2D eigenvalue weighted by atomic mass is 10.0. The van der Waals surface area contributed by atoms with Gasteiger partial charge in [0.25, 0.3) is 0 Å². The average molecular weight is 534 g/mol. The van der Waals surface area contributed by atoms with Crippen molar-refractivity contribution in [1.82, 2.24) is 9.97 Å². The van der Waals surface area contributed by atoms with Crippen LogP contribution in [0.5, 0.6) is 0 Å². The molecule has 5 nitrogen and oxygen atoms in total. The molecular formula is C21H14BrF6N3O2. The van der Waals surface area contributed by atoms with Crippen molar-refractivity contribution in [1.29, 1.82) is 0 Å². The highest BCUT2D eigenvalue weighted by molar-refractivity contribution is 9.10. The lowest BCUT2D eigenvalue weighted by molar-refractivity contribution is -0.143. The first-order chi connectivity index (χ1) is 15.4. The number of ether oxygens (including phenoxy) is 1. The number of halogens is 7. The molecule has 33 heavy (non-hydrogen) atoms. The molecule has 0 saturated carbocycles. The number of nitrogens with zero attached hydrogens (tertiary/aromatic N) is 3. The van der Waals surface area contributed by atoms with E-state index in [0.717, 1.165) is 4.90 Å². The Bertz CT molecular complexity index is 1070. The first-order valence-corrected chi connectivity index (χ1v) is 9.97. The van der Waals surface area contributed by atoms with E-state index in [2.05, 4.69) is 25.9 Å². The van der Waals surface area contributed by atoms with Crippen LogP contribution >= 0.6 is 15.9 Å². The summed E-state index contributed by atoms with van der Waals surface area (Å²) in [6.45, 7) is -0.870. The van der Waals surface area contributed by atoms with Crippen molar-refractivity contribution in [2.75, 3.05) is 4.90 Å². The van der Waals surface area contributed by atoms with Crippen LogP contribution in [-0.4, -0.2) is 16.1 Å². The van der Waals surface area contributed by atoms with E-state index in [1.165, 1.54) is 12.4 Å². The van der Waals surface area contributed by atoms with Crippen molar-refractivity contribution in [2.24, 2.45) is 0 Å². The van der Waals surface area contributed by atoms with E-state index in [0.29, 0.717) is 22.2 Å². The molecule has 0 atom stereocenters. The van der Waals surface area contributed by atoms with Gasteiger partial charge < -0.3 is 4.74 Å². The molecule has 0 aliphatic rings. The van der Waals surface area contributed by atoms with Gasteiger partial charge in [0.1, 0.15) is 6.61 Å². The number of rotatable bonds is 5. The molecule has 0 spiro atoms. The molecular weight excluding hydrogens is 520 g/mol. The number of hydrogen-bond acceptors (Lipinski definition) is 4. The fourth-order valence-corrected chi connectivity index (χ4v) is 2.96. The summed E-state index contributed by atoms with van der Waals surface area (Å²) < 4.78 is 84.9. The van der Waals surface area contributed by atoms with Crippen LogP contribution in [-0.2, 0) is 30.2 Å². The van der Waals surface area contributed by atoms with Gasteiger partial charge in [-0.3, -0.25) is 0 Å². The minimum absolute atomic E-state index is 0.0116. The molecule has 3 aromatic rings. The zero-order chi connectivity index (χ0) is 24.2. The third-order valence-corrected chi connectivity index (χ3v) is 4.67. The van der Waals surface area contributed by atoms with Gasteiger partial charge in [-0.1, -0.05) is 30.3 Å². The average Bonchev–Trinajstić information content (AvgIpc) is 2.76. The van der Waals surface area contributed by atoms with Crippen LogP contribution in [0.15, 0.2) is 65.4 Å². The maximum Gasteiger partial charge on any atom is 0.417 e. The van der Waals surface area contributed by atoms with E-state index in [4.69, 9.17) is 4.74 Å². The Morgan fingerprint density at radius 3 is 1.94 bits per heavy atom. The molecule has 0 aliphatic carbocycles.